The molecule has 0 aliphatic carbocycles. The maximum Gasteiger partial charge on any atom is 0.243 e. The predicted octanol–water partition coefficient (Wildman–Crippen LogP) is 1.76. The Morgan fingerprint density at radius 1 is 1.38 bits per heavy atom. The van der Waals surface area contributed by atoms with E-state index in [-0.39, 0.29) is 12.1 Å². The Bertz CT molecular complexity index is 599. The van der Waals surface area contributed by atoms with Gasteiger partial charge in [0, 0.05) is 25.7 Å². The zero-order valence-electron chi connectivity index (χ0n) is 13.1. The summed E-state index contributed by atoms with van der Waals surface area (Å²) in [7, 11) is -3.44. The highest BCUT2D eigenvalue weighted by molar-refractivity contribution is 7.89. The Kier molecular flexibility index (Phi) is 4.91. The van der Waals surface area contributed by atoms with Crippen LogP contribution in [-0.4, -0.2) is 44.5 Å². The molecule has 1 aromatic carbocycles. The lowest BCUT2D eigenvalue weighted by Gasteiger charge is -2.33. The Balaban J connectivity index is 2.30. The summed E-state index contributed by atoms with van der Waals surface area (Å²) in [5.74, 6) is 0.734. The second-order valence-corrected chi connectivity index (χ2v) is 7.65. The molecule has 2 rings (SSSR count). The van der Waals surface area contributed by atoms with Crippen molar-refractivity contribution in [1.29, 1.82) is 0 Å². The van der Waals surface area contributed by atoms with E-state index in [1.54, 1.807) is 22.5 Å². The van der Waals surface area contributed by atoms with Crippen LogP contribution >= 0.6 is 0 Å². The van der Waals surface area contributed by atoms with Gasteiger partial charge in [-0.15, -0.1) is 0 Å². The fourth-order valence-electron chi connectivity index (χ4n) is 2.48. The quantitative estimate of drug-likeness (QED) is 0.920. The fourth-order valence-corrected chi connectivity index (χ4v) is 4.20. The molecule has 0 aromatic heterocycles. The average Bonchev–Trinajstić information content (AvgIpc) is 2.40. The van der Waals surface area contributed by atoms with Gasteiger partial charge in [0.1, 0.15) is 5.75 Å². The zero-order chi connectivity index (χ0) is 15.6. The third kappa shape index (κ3) is 3.56. The van der Waals surface area contributed by atoms with Crippen molar-refractivity contribution in [3.05, 3.63) is 23.8 Å². The van der Waals surface area contributed by atoms with Gasteiger partial charge in [0.15, 0.2) is 0 Å². The van der Waals surface area contributed by atoms with Crippen LogP contribution in [0.25, 0.3) is 0 Å². The van der Waals surface area contributed by atoms with Gasteiger partial charge in [-0.05, 0) is 51.5 Å². The molecule has 0 amide bonds. The van der Waals surface area contributed by atoms with Gasteiger partial charge in [0.2, 0.25) is 10.0 Å². The van der Waals surface area contributed by atoms with Crippen LogP contribution in [0.3, 0.4) is 0 Å². The van der Waals surface area contributed by atoms with Gasteiger partial charge in [-0.25, -0.2) is 8.42 Å². The summed E-state index contributed by atoms with van der Waals surface area (Å²) in [4.78, 5) is 0.338. The number of benzene rings is 1. The largest absolute Gasteiger partial charge is 0.491 e. The first-order chi connectivity index (χ1) is 9.82. The number of aryl methyl sites for hydroxylation is 1. The summed E-state index contributed by atoms with van der Waals surface area (Å²) >= 11 is 0. The molecule has 0 radical (unpaired) electrons. The molecule has 0 bridgehead atoms. The van der Waals surface area contributed by atoms with E-state index in [0.29, 0.717) is 24.5 Å². The summed E-state index contributed by atoms with van der Waals surface area (Å²) in [6.45, 7) is 9.58. The number of nitrogens with zero attached hydrogens (tertiary/aromatic N) is 1. The van der Waals surface area contributed by atoms with Crippen LogP contribution < -0.4 is 10.1 Å². The van der Waals surface area contributed by atoms with Crippen molar-refractivity contribution in [3.8, 4) is 5.75 Å². The van der Waals surface area contributed by atoms with E-state index in [1.165, 1.54) is 0 Å². The Morgan fingerprint density at radius 3 is 2.67 bits per heavy atom. The highest BCUT2D eigenvalue weighted by atomic mass is 32.2. The van der Waals surface area contributed by atoms with E-state index in [4.69, 9.17) is 4.74 Å². The van der Waals surface area contributed by atoms with Gasteiger partial charge < -0.3 is 10.1 Å². The molecule has 0 saturated carbocycles. The van der Waals surface area contributed by atoms with Gasteiger partial charge in [0.05, 0.1) is 11.0 Å². The minimum atomic E-state index is -3.44. The maximum absolute atomic E-state index is 12.7. The standard InChI is InChI=1S/C15H24N2O3S/c1-11(2)20-15-6-5-14(9-12(15)3)21(18,19)17-8-7-16-10-13(17)4/h5-6,9,11,13,16H,7-8,10H2,1-4H3. The van der Waals surface area contributed by atoms with Crippen LogP contribution in [-0.2, 0) is 10.0 Å². The molecular weight excluding hydrogens is 288 g/mol. The Hall–Kier alpha value is -1.11. The Labute approximate surface area is 127 Å². The molecular formula is C15H24N2O3S. The van der Waals surface area contributed by atoms with Crippen LogP contribution in [0.4, 0.5) is 0 Å². The van der Waals surface area contributed by atoms with Crippen LogP contribution in [0.1, 0.15) is 26.3 Å². The monoisotopic (exact) mass is 312 g/mol. The van der Waals surface area contributed by atoms with E-state index >= 15 is 0 Å². The highest BCUT2D eigenvalue weighted by Gasteiger charge is 2.31. The molecule has 1 aliphatic rings. The summed E-state index contributed by atoms with van der Waals surface area (Å²) in [6, 6.07) is 5.04. The topological polar surface area (TPSA) is 58.6 Å². The lowest BCUT2D eigenvalue weighted by atomic mass is 10.2. The zero-order valence-corrected chi connectivity index (χ0v) is 13.9. The summed E-state index contributed by atoms with van der Waals surface area (Å²) < 4.78 is 32.7. The number of hydrogen-bond donors (Lipinski definition) is 1. The van der Waals surface area contributed by atoms with E-state index in [0.717, 1.165) is 11.3 Å². The minimum Gasteiger partial charge on any atom is -0.491 e. The molecule has 1 unspecified atom stereocenters. The van der Waals surface area contributed by atoms with Crippen molar-refractivity contribution >= 4 is 10.0 Å². The number of nitrogens with one attached hydrogen (secondary N) is 1. The normalized spacial score (nSPS) is 20.7. The second-order valence-electron chi connectivity index (χ2n) is 5.76. The maximum atomic E-state index is 12.7. The third-order valence-electron chi connectivity index (χ3n) is 3.56. The fraction of sp³-hybridized carbons (Fsp3) is 0.600. The van der Waals surface area contributed by atoms with Gasteiger partial charge in [-0.3, -0.25) is 0 Å². The van der Waals surface area contributed by atoms with Crippen LogP contribution in [0.2, 0.25) is 0 Å². The van der Waals surface area contributed by atoms with Crippen molar-refractivity contribution in [2.75, 3.05) is 19.6 Å². The average molecular weight is 312 g/mol. The van der Waals surface area contributed by atoms with Crippen molar-refractivity contribution in [3.63, 3.8) is 0 Å². The van der Waals surface area contributed by atoms with Gasteiger partial charge in [-0.2, -0.15) is 4.31 Å². The van der Waals surface area contributed by atoms with Crippen molar-refractivity contribution in [1.82, 2.24) is 9.62 Å². The van der Waals surface area contributed by atoms with Crippen LogP contribution in [0.15, 0.2) is 23.1 Å². The van der Waals surface area contributed by atoms with E-state index in [1.807, 2.05) is 27.7 Å². The predicted molar refractivity (Wildman–Crippen MR) is 83.2 cm³/mol. The molecule has 6 heteroatoms. The molecule has 1 heterocycles. The van der Waals surface area contributed by atoms with Gasteiger partial charge >= 0.3 is 0 Å². The van der Waals surface area contributed by atoms with Gasteiger partial charge in [0.25, 0.3) is 0 Å². The molecule has 118 valence electrons. The SMILES string of the molecule is Cc1cc(S(=O)(=O)N2CCNCC2C)ccc1OC(C)C. The summed E-state index contributed by atoms with van der Waals surface area (Å²) in [5, 5.41) is 3.20. The lowest BCUT2D eigenvalue weighted by molar-refractivity contribution is 0.240. The number of sulfonamides is 1. The number of piperazine rings is 1. The second kappa shape index (κ2) is 6.34. The van der Waals surface area contributed by atoms with Crippen molar-refractivity contribution in [2.45, 2.75) is 44.7 Å². The summed E-state index contributed by atoms with van der Waals surface area (Å²) in [6.07, 6.45) is 0.0688. The third-order valence-corrected chi connectivity index (χ3v) is 5.57. The van der Waals surface area contributed by atoms with Crippen LogP contribution in [0.5, 0.6) is 5.75 Å². The molecule has 1 fully saturated rings. The first-order valence-electron chi connectivity index (χ1n) is 7.32. The molecule has 21 heavy (non-hydrogen) atoms. The molecule has 1 saturated heterocycles. The molecule has 0 spiro atoms. The molecule has 1 N–H and O–H groups in total. The molecule has 5 nitrogen and oxygen atoms in total. The van der Waals surface area contributed by atoms with Crippen molar-refractivity contribution in [2.24, 2.45) is 0 Å². The minimum absolute atomic E-state index is 0.0318. The van der Waals surface area contributed by atoms with Crippen LogP contribution in [0, 0.1) is 6.92 Å². The molecule has 1 aliphatic heterocycles. The number of ether oxygens (including phenoxy) is 1. The molecule has 1 atom stereocenters. The van der Waals surface area contributed by atoms with E-state index in [2.05, 4.69) is 5.32 Å². The number of rotatable bonds is 4. The first kappa shape index (κ1) is 16.3. The Morgan fingerprint density at radius 2 is 2.10 bits per heavy atom. The molecule has 1 aromatic rings. The van der Waals surface area contributed by atoms with E-state index in [9.17, 15) is 8.42 Å². The van der Waals surface area contributed by atoms with E-state index < -0.39 is 10.0 Å². The highest BCUT2D eigenvalue weighted by Crippen LogP contribution is 2.26. The lowest BCUT2D eigenvalue weighted by Crippen LogP contribution is -2.52. The van der Waals surface area contributed by atoms with Crippen molar-refractivity contribution < 1.29 is 13.2 Å². The number of hydrogen-bond acceptors (Lipinski definition) is 4. The first-order valence-corrected chi connectivity index (χ1v) is 8.76. The smallest absolute Gasteiger partial charge is 0.243 e. The summed E-state index contributed by atoms with van der Waals surface area (Å²) in [5.41, 5.74) is 0.840. The van der Waals surface area contributed by atoms with Gasteiger partial charge in [-0.1, -0.05) is 0 Å².